The van der Waals surface area contributed by atoms with Crippen molar-refractivity contribution in [1.82, 2.24) is 20.5 Å². The number of aliphatic hydroxyl groups is 1. The highest BCUT2D eigenvalue weighted by molar-refractivity contribution is 7.98. The highest BCUT2D eigenvalue weighted by Gasteiger charge is 2.25. The Labute approximate surface area is 187 Å². The fraction of sp³-hybridized carbons (Fsp3) is 0.250. The van der Waals surface area contributed by atoms with E-state index in [0.717, 1.165) is 27.6 Å². The Morgan fingerprint density at radius 2 is 1.77 bits per heavy atom. The Bertz CT molecular complexity index is 940. The molecule has 0 radical (unpaired) electrons. The minimum atomic E-state index is -1.33. The van der Waals surface area contributed by atoms with Crippen LogP contribution in [-0.4, -0.2) is 43.7 Å². The predicted molar refractivity (Wildman–Crippen MR) is 116 cm³/mol. The van der Waals surface area contributed by atoms with Gasteiger partial charge >= 0.3 is 0 Å². The molecule has 1 amide bonds. The Balaban J connectivity index is 1.63. The van der Waals surface area contributed by atoms with Gasteiger partial charge < -0.3 is 10.4 Å². The SMILES string of the molecule is O=C(N[C@H](CF)[C@H](O)c1ccc(-c2ccc(CSc3ncn[nH]3)cc2)cc1)C(Cl)Cl. The van der Waals surface area contributed by atoms with Crippen molar-refractivity contribution in [3.05, 3.63) is 66.0 Å². The van der Waals surface area contributed by atoms with Crippen LogP contribution in [0, 0.1) is 0 Å². The first-order valence-corrected chi connectivity index (χ1v) is 10.8. The summed E-state index contributed by atoms with van der Waals surface area (Å²) in [5.74, 6) is 0.0146. The standard InChI is InChI=1S/C20H19Cl2FN4O2S/c21-18(22)19(29)26-16(9-23)17(28)15-7-5-14(6-8-15)13-3-1-12(2-4-13)10-30-20-24-11-25-27-20/h1-8,11,16-18,28H,9-10H2,(H,26,29)(H,24,25,27)/t16-,17-/m1/s1. The summed E-state index contributed by atoms with van der Waals surface area (Å²) in [6, 6.07) is 14.0. The van der Waals surface area contributed by atoms with Crippen LogP contribution < -0.4 is 5.32 Å². The fourth-order valence-corrected chi connectivity index (χ4v) is 3.62. The quantitative estimate of drug-likeness (QED) is 0.325. The Morgan fingerprint density at radius 3 is 2.30 bits per heavy atom. The summed E-state index contributed by atoms with van der Waals surface area (Å²) in [4.78, 5) is 14.3. The fourth-order valence-electron chi connectivity index (χ4n) is 2.76. The molecule has 1 aromatic heterocycles. The summed E-state index contributed by atoms with van der Waals surface area (Å²) < 4.78 is 13.3. The molecule has 3 aromatic rings. The van der Waals surface area contributed by atoms with E-state index in [-0.39, 0.29) is 0 Å². The number of aromatic amines is 1. The van der Waals surface area contributed by atoms with E-state index in [2.05, 4.69) is 20.5 Å². The number of H-pyrrole nitrogens is 1. The van der Waals surface area contributed by atoms with Crippen molar-refractivity contribution < 1.29 is 14.3 Å². The number of benzene rings is 2. The van der Waals surface area contributed by atoms with Crippen LogP contribution in [0.15, 0.2) is 60.0 Å². The summed E-state index contributed by atoms with van der Waals surface area (Å²) in [5, 5.41) is 20.1. The van der Waals surface area contributed by atoms with E-state index in [9.17, 15) is 14.3 Å². The number of aliphatic hydroxyl groups excluding tert-OH is 1. The van der Waals surface area contributed by atoms with Crippen molar-refractivity contribution in [2.24, 2.45) is 0 Å². The van der Waals surface area contributed by atoms with E-state index in [0.29, 0.717) is 5.56 Å². The smallest absolute Gasteiger partial charge is 0.253 e. The predicted octanol–water partition coefficient (Wildman–Crippen LogP) is 4.06. The minimum Gasteiger partial charge on any atom is -0.386 e. The van der Waals surface area contributed by atoms with E-state index in [4.69, 9.17) is 23.2 Å². The summed E-state index contributed by atoms with van der Waals surface area (Å²) in [6.07, 6.45) is 0.248. The van der Waals surface area contributed by atoms with Crippen LogP contribution in [0.4, 0.5) is 4.39 Å². The number of nitrogens with zero attached hydrogens (tertiary/aromatic N) is 2. The molecule has 30 heavy (non-hydrogen) atoms. The van der Waals surface area contributed by atoms with E-state index in [1.807, 2.05) is 36.4 Å². The second-order valence-electron chi connectivity index (χ2n) is 6.41. The molecule has 0 saturated carbocycles. The van der Waals surface area contributed by atoms with Crippen molar-refractivity contribution in [3.63, 3.8) is 0 Å². The number of thioether (sulfide) groups is 1. The third-order valence-corrected chi connectivity index (χ3v) is 5.73. The van der Waals surface area contributed by atoms with Crippen molar-refractivity contribution in [2.75, 3.05) is 6.67 Å². The molecule has 0 spiro atoms. The number of alkyl halides is 3. The number of rotatable bonds is 9. The van der Waals surface area contributed by atoms with Crippen LogP contribution in [0.3, 0.4) is 0 Å². The van der Waals surface area contributed by atoms with E-state index in [1.54, 1.807) is 23.9 Å². The number of nitrogens with one attached hydrogen (secondary N) is 2. The molecule has 0 unspecified atom stereocenters. The van der Waals surface area contributed by atoms with Crippen molar-refractivity contribution in [2.45, 2.75) is 27.9 Å². The number of hydrogen-bond acceptors (Lipinski definition) is 5. The van der Waals surface area contributed by atoms with Gasteiger partial charge in [0.15, 0.2) is 9.99 Å². The lowest BCUT2D eigenvalue weighted by atomic mass is 9.98. The normalized spacial score (nSPS) is 13.2. The molecule has 2 aromatic carbocycles. The summed E-state index contributed by atoms with van der Waals surface area (Å²) in [5.41, 5.74) is 3.57. The first kappa shape index (κ1) is 22.6. The second-order valence-corrected chi connectivity index (χ2v) is 8.47. The molecule has 0 aliphatic carbocycles. The molecule has 0 fully saturated rings. The summed E-state index contributed by atoms with van der Waals surface area (Å²) >= 11 is 12.5. The lowest BCUT2D eigenvalue weighted by Crippen LogP contribution is -2.43. The van der Waals surface area contributed by atoms with Crippen LogP contribution in [0.25, 0.3) is 11.1 Å². The average Bonchev–Trinajstić information content (AvgIpc) is 3.29. The van der Waals surface area contributed by atoms with Gasteiger partial charge in [0.1, 0.15) is 19.1 Å². The lowest BCUT2D eigenvalue weighted by Gasteiger charge is -2.22. The van der Waals surface area contributed by atoms with Crippen LogP contribution >= 0.6 is 35.0 Å². The molecule has 2 atom stereocenters. The third kappa shape index (κ3) is 5.95. The average molecular weight is 469 g/mol. The molecule has 0 saturated heterocycles. The molecular formula is C20H19Cl2FN4O2S. The Hall–Kier alpha value is -2.13. The first-order chi connectivity index (χ1) is 14.5. The number of aromatic nitrogens is 3. The monoisotopic (exact) mass is 468 g/mol. The van der Waals surface area contributed by atoms with Crippen LogP contribution in [0.1, 0.15) is 17.2 Å². The van der Waals surface area contributed by atoms with E-state index < -0.39 is 29.6 Å². The van der Waals surface area contributed by atoms with Gasteiger partial charge in [-0.05, 0) is 22.3 Å². The van der Waals surface area contributed by atoms with Crippen LogP contribution in [0.2, 0.25) is 0 Å². The van der Waals surface area contributed by atoms with Gasteiger partial charge in [-0.25, -0.2) is 9.37 Å². The zero-order valence-electron chi connectivity index (χ0n) is 15.6. The maximum absolute atomic E-state index is 13.3. The summed E-state index contributed by atoms with van der Waals surface area (Å²) in [7, 11) is 0. The molecule has 0 bridgehead atoms. The number of halogens is 3. The van der Waals surface area contributed by atoms with Crippen molar-refractivity contribution in [1.29, 1.82) is 0 Å². The largest absolute Gasteiger partial charge is 0.386 e. The topological polar surface area (TPSA) is 90.9 Å². The van der Waals surface area contributed by atoms with Gasteiger partial charge in [-0.2, -0.15) is 5.10 Å². The zero-order chi connectivity index (χ0) is 21.5. The lowest BCUT2D eigenvalue weighted by molar-refractivity contribution is -0.121. The summed E-state index contributed by atoms with van der Waals surface area (Å²) in [6.45, 7) is -0.956. The molecular weight excluding hydrogens is 450 g/mol. The maximum atomic E-state index is 13.3. The van der Waals surface area contributed by atoms with Gasteiger partial charge in [-0.3, -0.25) is 9.89 Å². The van der Waals surface area contributed by atoms with Crippen molar-refractivity contribution in [3.8, 4) is 11.1 Å². The van der Waals surface area contributed by atoms with Gasteiger partial charge in [0.2, 0.25) is 0 Å². The molecule has 0 aliphatic heterocycles. The third-order valence-electron chi connectivity index (χ3n) is 4.38. The van der Waals surface area contributed by atoms with Gasteiger partial charge in [0.05, 0.1) is 6.04 Å². The number of amides is 1. The maximum Gasteiger partial charge on any atom is 0.253 e. The molecule has 1 heterocycles. The Morgan fingerprint density at radius 1 is 1.13 bits per heavy atom. The van der Waals surface area contributed by atoms with Gasteiger partial charge in [-0.15, -0.1) is 0 Å². The number of carbonyl (C=O) groups excluding carboxylic acids is 1. The number of carbonyl (C=O) groups is 1. The molecule has 158 valence electrons. The highest BCUT2D eigenvalue weighted by Crippen LogP contribution is 2.26. The van der Waals surface area contributed by atoms with E-state index in [1.165, 1.54) is 6.33 Å². The van der Waals surface area contributed by atoms with Gasteiger partial charge in [0, 0.05) is 5.75 Å². The van der Waals surface area contributed by atoms with Gasteiger partial charge in [0.25, 0.3) is 5.91 Å². The molecule has 0 aliphatic rings. The molecule has 10 heteroatoms. The number of hydrogen-bond donors (Lipinski definition) is 3. The van der Waals surface area contributed by atoms with Crippen LogP contribution in [-0.2, 0) is 10.5 Å². The molecule has 3 N–H and O–H groups in total. The van der Waals surface area contributed by atoms with Crippen molar-refractivity contribution >= 4 is 40.9 Å². The minimum absolute atomic E-state index is 0.475. The van der Waals surface area contributed by atoms with E-state index >= 15 is 0 Å². The first-order valence-electron chi connectivity index (χ1n) is 8.98. The Kier molecular flexibility index (Phi) is 8.09. The molecule has 3 rings (SSSR count). The highest BCUT2D eigenvalue weighted by atomic mass is 35.5. The zero-order valence-corrected chi connectivity index (χ0v) is 18.0. The molecule has 6 nitrogen and oxygen atoms in total. The van der Waals surface area contributed by atoms with Gasteiger partial charge in [-0.1, -0.05) is 83.5 Å². The van der Waals surface area contributed by atoms with Crippen LogP contribution in [0.5, 0.6) is 0 Å². The second kappa shape index (κ2) is 10.8.